The number of hydrogen-bond acceptors (Lipinski definition) is 7. The van der Waals surface area contributed by atoms with Gasteiger partial charge in [-0.25, -0.2) is 0 Å². The van der Waals surface area contributed by atoms with Gasteiger partial charge in [0.25, 0.3) is 0 Å². The predicted octanol–water partition coefficient (Wildman–Crippen LogP) is 4.14. The first-order valence-corrected chi connectivity index (χ1v) is 11.7. The molecule has 164 valence electrons. The summed E-state index contributed by atoms with van der Waals surface area (Å²) in [6.07, 6.45) is 2.22. The van der Waals surface area contributed by atoms with E-state index in [0.717, 1.165) is 41.8 Å². The summed E-state index contributed by atoms with van der Waals surface area (Å²) in [5.41, 5.74) is 2.19. The zero-order chi connectivity index (χ0) is 22.0. The molecule has 3 aromatic rings. The quantitative estimate of drug-likeness (QED) is 0.499. The zero-order valence-corrected chi connectivity index (χ0v) is 19.1. The van der Waals surface area contributed by atoms with Crippen molar-refractivity contribution in [3.05, 3.63) is 41.5 Å². The van der Waals surface area contributed by atoms with E-state index >= 15 is 0 Å². The van der Waals surface area contributed by atoms with Gasteiger partial charge in [-0.3, -0.25) is 4.79 Å². The summed E-state index contributed by atoms with van der Waals surface area (Å²) in [5.74, 6) is 2.73. The molecular formula is C22H28N6O2S. The Kier molecular flexibility index (Phi) is 6.41. The predicted molar refractivity (Wildman–Crippen MR) is 119 cm³/mol. The molecule has 1 aliphatic rings. The molecule has 0 radical (unpaired) electrons. The summed E-state index contributed by atoms with van der Waals surface area (Å²) in [5, 5.41) is 16.5. The maximum atomic E-state index is 12.7. The molecule has 1 amide bonds. The first-order valence-electron chi connectivity index (χ1n) is 10.7. The molecule has 1 unspecified atom stereocenters. The van der Waals surface area contributed by atoms with Crippen molar-refractivity contribution in [3.63, 3.8) is 0 Å². The lowest BCUT2D eigenvalue weighted by molar-refractivity contribution is -0.119. The second-order valence-corrected chi connectivity index (χ2v) is 9.21. The van der Waals surface area contributed by atoms with E-state index in [-0.39, 0.29) is 23.6 Å². The highest BCUT2D eigenvalue weighted by Crippen LogP contribution is 2.38. The third-order valence-electron chi connectivity index (χ3n) is 5.29. The Morgan fingerprint density at radius 2 is 2.13 bits per heavy atom. The molecule has 1 saturated carbocycles. The number of nitrogens with one attached hydrogen (secondary N) is 1. The fraction of sp³-hybridized carbons (Fsp3) is 0.500. The molecule has 1 N–H and O–H groups in total. The summed E-state index contributed by atoms with van der Waals surface area (Å²) in [4.78, 5) is 17.2. The van der Waals surface area contributed by atoms with Crippen LogP contribution in [0, 0.1) is 12.8 Å². The van der Waals surface area contributed by atoms with Crippen molar-refractivity contribution in [2.24, 2.45) is 5.92 Å². The van der Waals surface area contributed by atoms with Crippen LogP contribution in [0.1, 0.15) is 62.9 Å². The number of carbonyl (C=O) groups is 1. The van der Waals surface area contributed by atoms with E-state index in [1.54, 1.807) is 0 Å². The Morgan fingerprint density at radius 1 is 1.32 bits per heavy atom. The molecule has 2 heterocycles. The number of carbonyl (C=O) groups excluding carboxylic acids is 1. The highest BCUT2D eigenvalue weighted by Gasteiger charge is 2.31. The summed E-state index contributed by atoms with van der Waals surface area (Å²) in [6, 6.07) is 7.87. The van der Waals surface area contributed by atoms with Crippen molar-refractivity contribution in [2.45, 2.75) is 64.2 Å². The lowest BCUT2D eigenvalue weighted by atomic mass is 10.0. The molecule has 1 aliphatic carbocycles. The van der Waals surface area contributed by atoms with Crippen molar-refractivity contribution in [1.82, 2.24) is 30.2 Å². The second kappa shape index (κ2) is 9.21. The average molecular weight is 441 g/mol. The molecule has 31 heavy (non-hydrogen) atoms. The molecule has 0 bridgehead atoms. The number of hydrogen-bond donors (Lipinski definition) is 1. The van der Waals surface area contributed by atoms with E-state index in [4.69, 9.17) is 4.52 Å². The third kappa shape index (κ3) is 4.98. The van der Waals surface area contributed by atoms with Crippen LogP contribution < -0.4 is 5.32 Å². The van der Waals surface area contributed by atoms with Gasteiger partial charge in [0.1, 0.15) is 6.04 Å². The van der Waals surface area contributed by atoms with Crippen LogP contribution in [0.5, 0.6) is 0 Å². The molecule has 0 spiro atoms. The van der Waals surface area contributed by atoms with E-state index in [2.05, 4.69) is 51.6 Å². The van der Waals surface area contributed by atoms with E-state index in [1.807, 2.05) is 30.5 Å². The monoisotopic (exact) mass is 440 g/mol. The van der Waals surface area contributed by atoms with Gasteiger partial charge in [0, 0.05) is 18.0 Å². The van der Waals surface area contributed by atoms with Crippen LogP contribution in [0.4, 0.5) is 0 Å². The Bertz CT molecular complexity index is 1060. The average Bonchev–Trinajstić information content (AvgIpc) is 3.33. The normalized spacial score (nSPS) is 14.7. The molecule has 0 aliphatic heterocycles. The number of aromatic nitrogens is 5. The molecule has 8 nitrogen and oxygen atoms in total. The van der Waals surface area contributed by atoms with Gasteiger partial charge in [-0.2, -0.15) is 4.98 Å². The van der Waals surface area contributed by atoms with Gasteiger partial charge in [0.2, 0.25) is 11.8 Å². The minimum absolute atomic E-state index is 0.0994. The van der Waals surface area contributed by atoms with Gasteiger partial charge in [0.05, 0.1) is 5.75 Å². The van der Waals surface area contributed by atoms with Crippen molar-refractivity contribution in [3.8, 4) is 11.4 Å². The van der Waals surface area contributed by atoms with Crippen molar-refractivity contribution >= 4 is 17.7 Å². The maximum absolute atomic E-state index is 12.7. The Balaban J connectivity index is 1.41. The lowest BCUT2D eigenvalue weighted by Crippen LogP contribution is -2.33. The fourth-order valence-electron chi connectivity index (χ4n) is 3.42. The highest BCUT2D eigenvalue weighted by molar-refractivity contribution is 7.99. The molecule has 1 aromatic carbocycles. The van der Waals surface area contributed by atoms with Crippen LogP contribution in [-0.2, 0) is 11.3 Å². The molecule has 1 fully saturated rings. The van der Waals surface area contributed by atoms with Gasteiger partial charge < -0.3 is 14.4 Å². The first-order chi connectivity index (χ1) is 15.0. The highest BCUT2D eigenvalue weighted by atomic mass is 32.2. The van der Waals surface area contributed by atoms with Gasteiger partial charge in [0.15, 0.2) is 16.8 Å². The van der Waals surface area contributed by atoms with Crippen molar-refractivity contribution in [2.75, 3.05) is 5.75 Å². The number of amides is 1. The van der Waals surface area contributed by atoms with Crippen LogP contribution in [0.2, 0.25) is 0 Å². The number of aryl methyl sites for hydroxylation is 1. The Hall–Kier alpha value is -2.68. The minimum atomic E-state index is -0.306. The number of benzene rings is 1. The largest absolute Gasteiger partial charge is 0.343 e. The van der Waals surface area contributed by atoms with E-state index in [0.29, 0.717) is 11.8 Å². The molecule has 0 saturated heterocycles. The van der Waals surface area contributed by atoms with Crippen LogP contribution in [-0.4, -0.2) is 36.6 Å². The van der Waals surface area contributed by atoms with Crippen LogP contribution in [0.3, 0.4) is 0 Å². The Morgan fingerprint density at radius 3 is 2.81 bits per heavy atom. The van der Waals surface area contributed by atoms with Gasteiger partial charge >= 0.3 is 0 Å². The van der Waals surface area contributed by atoms with Crippen molar-refractivity contribution in [1.29, 1.82) is 0 Å². The summed E-state index contributed by atoms with van der Waals surface area (Å²) in [7, 11) is 0. The Labute approximate surface area is 186 Å². The van der Waals surface area contributed by atoms with Crippen LogP contribution >= 0.6 is 11.8 Å². The summed E-state index contributed by atoms with van der Waals surface area (Å²) in [6.45, 7) is 8.88. The second-order valence-electron chi connectivity index (χ2n) is 8.26. The number of thioether (sulfide) groups is 1. The topological polar surface area (TPSA) is 98.7 Å². The van der Waals surface area contributed by atoms with Crippen molar-refractivity contribution < 1.29 is 9.32 Å². The molecule has 1 atom stereocenters. The third-order valence-corrected chi connectivity index (χ3v) is 6.26. The minimum Gasteiger partial charge on any atom is -0.343 e. The first kappa shape index (κ1) is 21.5. The number of nitrogens with zero attached hydrogens (tertiary/aromatic N) is 5. The van der Waals surface area contributed by atoms with Crippen LogP contribution in [0.15, 0.2) is 33.9 Å². The molecule has 2 aromatic heterocycles. The van der Waals surface area contributed by atoms with E-state index < -0.39 is 0 Å². The smallest absolute Gasteiger partial charge is 0.249 e. The van der Waals surface area contributed by atoms with Gasteiger partial charge in [-0.15, -0.1) is 10.2 Å². The summed E-state index contributed by atoms with van der Waals surface area (Å²) >= 11 is 1.38. The fourth-order valence-corrected chi connectivity index (χ4v) is 4.23. The molecule has 9 heteroatoms. The summed E-state index contributed by atoms with van der Waals surface area (Å²) < 4.78 is 7.48. The van der Waals surface area contributed by atoms with Crippen LogP contribution in [0.25, 0.3) is 11.4 Å². The zero-order valence-electron chi connectivity index (χ0n) is 18.3. The standard InChI is InChI=1S/C22H28N6O2S/c1-5-28-20(16-8-6-7-14(4)11-16)25-26-22(28)31-12-17(29)23-18(13(2)3)21-24-19(27-30-21)15-9-10-15/h6-8,11,13,15,18H,5,9-10,12H2,1-4H3,(H,23,29). The number of rotatable bonds is 9. The van der Waals surface area contributed by atoms with E-state index in [9.17, 15) is 4.79 Å². The van der Waals surface area contributed by atoms with Gasteiger partial charge in [-0.1, -0.05) is 54.5 Å². The maximum Gasteiger partial charge on any atom is 0.249 e. The molecular weight excluding hydrogens is 412 g/mol. The van der Waals surface area contributed by atoms with Gasteiger partial charge in [-0.05, 0) is 38.7 Å². The lowest BCUT2D eigenvalue weighted by Gasteiger charge is -2.18. The van der Waals surface area contributed by atoms with E-state index in [1.165, 1.54) is 17.3 Å². The SMILES string of the molecule is CCn1c(SCC(=O)NC(c2nc(C3CC3)no2)C(C)C)nnc1-c1cccc(C)c1. The molecule has 4 rings (SSSR count).